The van der Waals surface area contributed by atoms with E-state index in [0.29, 0.717) is 68.7 Å². The van der Waals surface area contributed by atoms with Gasteiger partial charge in [0, 0.05) is 36.8 Å². The molecule has 7 bridgehead atoms. The van der Waals surface area contributed by atoms with E-state index < -0.39 is 44.5 Å². The quantitative estimate of drug-likeness (QED) is 0.421. The molecule has 270 valence electrons. The molecule has 1 spiro atoms. The molecule has 2 fully saturated rings. The van der Waals surface area contributed by atoms with Gasteiger partial charge in [-0.05, 0) is 105 Å². The molecule has 2 amide bonds. The lowest BCUT2D eigenvalue weighted by atomic mass is 9.79. The van der Waals surface area contributed by atoms with Crippen LogP contribution in [0.5, 0.6) is 5.75 Å². The van der Waals surface area contributed by atoms with Crippen LogP contribution in [-0.2, 0) is 38.1 Å². The average molecular weight is 729 g/mol. The second-order valence-corrected chi connectivity index (χ2v) is 17.1. The van der Waals surface area contributed by atoms with Gasteiger partial charge < -0.3 is 19.3 Å². The van der Waals surface area contributed by atoms with Gasteiger partial charge in [-0.1, -0.05) is 24.6 Å². The first-order chi connectivity index (χ1) is 23.9. The van der Waals surface area contributed by atoms with Crippen molar-refractivity contribution in [2.45, 2.75) is 88.8 Å². The minimum absolute atomic E-state index is 0.0523. The van der Waals surface area contributed by atoms with E-state index in [1.807, 2.05) is 19.1 Å². The molecule has 5 heterocycles. The van der Waals surface area contributed by atoms with Crippen LogP contribution in [0.25, 0.3) is 0 Å². The summed E-state index contributed by atoms with van der Waals surface area (Å²) in [4.78, 5) is 34.3. The van der Waals surface area contributed by atoms with Crippen molar-refractivity contribution in [2.75, 3.05) is 44.3 Å². The molecule has 2 aromatic carbocycles. The van der Waals surface area contributed by atoms with Crippen LogP contribution in [0.1, 0.15) is 79.9 Å². The van der Waals surface area contributed by atoms with Crippen molar-refractivity contribution in [2.24, 2.45) is 5.92 Å². The molecule has 0 saturated carbocycles. The Balaban J connectivity index is 1.49. The molecule has 50 heavy (non-hydrogen) atoms. The van der Waals surface area contributed by atoms with Gasteiger partial charge in [-0.3, -0.25) is 14.5 Å². The fourth-order valence-electron chi connectivity index (χ4n) is 8.52. The highest BCUT2D eigenvalue weighted by Gasteiger charge is 2.53. The zero-order chi connectivity index (χ0) is 35.4. The number of nitrogens with one attached hydrogen (secondary N) is 1. The number of anilines is 1. The van der Waals surface area contributed by atoms with Crippen molar-refractivity contribution in [3.8, 4) is 5.75 Å². The van der Waals surface area contributed by atoms with Gasteiger partial charge in [-0.2, -0.15) is 0 Å². The smallest absolute Gasteiger partial charge is 0.264 e. The van der Waals surface area contributed by atoms with Gasteiger partial charge in [0.05, 0.1) is 35.7 Å². The van der Waals surface area contributed by atoms with Crippen LogP contribution in [-0.4, -0.2) is 86.8 Å². The first-order valence-corrected chi connectivity index (χ1v) is 19.7. The summed E-state index contributed by atoms with van der Waals surface area (Å²) in [6.07, 6.45) is 5.27. The predicted octanol–water partition coefficient (Wildman–Crippen LogP) is 5.32. The number of halogens is 2. The molecule has 0 aromatic heterocycles. The molecule has 0 radical (unpaired) electrons. The molecule has 10 nitrogen and oxygen atoms in total. The van der Waals surface area contributed by atoms with E-state index in [-0.39, 0.29) is 30.5 Å². The van der Waals surface area contributed by atoms with E-state index in [1.54, 1.807) is 30.0 Å². The molecule has 5 aliphatic heterocycles. The number of hydrogen-bond acceptors (Lipinski definition) is 8. The van der Waals surface area contributed by atoms with E-state index >= 15 is 4.39 Å². The molecule has 2 aromatic rings. The molecule has 7 rings (SSSR count). The Bertz CT molecular complexity index is 1820. The summed E-state index contributed by atoms with van der Waals surface area (Å²) in [7, 11) is -4.13. The second kappa shape index (κ2) is 13.7. The minimum atomic E-state index is -4.13. The first kappa shape index (κ1) is 35.2. The lowest BCUT2D eigenvalue weighted by Gasteiger charge is -2.48. The highest BCUT2D eigenvalue weighted by molar-refractivity contribution is 7.90. The van der Waals surface area contributed by atoms with Crippen molar-refractivity contribution >= 4 is 39.1 Å². The Labute approximate surface area is 299 Å². The summed E-state index contributed by atoms with van der Waals surface area (Å²) in [5.74, 6) is -1.68. The van der Waals surface area contributed by atoms with Crippen molar-refractivity contribution in [3.63, 3.8) is 0 Å². The number of benzene rings is 2. The number of nitrogens with zero attached hydrogens (tertiary/aromatic N) is 3. The molecule has 1 N–H and O–H groups in total. The number of sulfonamides is 1. The fourth-order valence-corrected chi connectivity index (χ4v) is 10.0. The van der Waals surface area contributed by atoms with Crippen LogP contribution in [0.4, 0.5) is 10.1 Å². The standard InChI is InChI=1S/C37H46ClFN4O6S/c1-23-8-10-31(39)34(36(45)42-15-16-48-20-24(42)2)43-14-6-12-37(43)22-41-13-5-4-7-26-17-28(38)19-30(37)29(26)21-49-33-11-9-27(18-32(33)41)35(44)40-50(46,47)25(23)3/h9-11,17-19,23-25,34H,4-8,12-16,20-22H2,1-3H3,(H,40,44)/b31-10-/t23-,24-,25+,34+,37-/m0/s1. The van der Waals surface area contributed by atoms with E-state index in [0.717, 1.165) is 36.0 Å². The lowest BCUT2D eigenvalue weighted by molar-refractivity contribution is -0.146. The fraction of sp³-hybridized carbons (Fsp3) is 0.568. The zero-order valence-electron chi connectivity index (χ0n) is 28.9. The molecule has 2 saturated heterocycles. The Morgan fingerprint density at radius 2 is 1.90 bits per heavy atom. The number of amides is 2. The molecule has 5 atom stereocenters. The van der Waals surface area contributed by atoms with E-state index in [1.165, 1.54) is 13.0 Å². The highest BCUT2D eigenvalue weighted by atomic mass is 35.5. The number of aryl methyl sites for hydroxylation is 1. The van der Waals surface area contributed by atoms with Gasteiger partial charge in [-0.25, -0.2) is 17.5 Å². The van der Waals surface area contributed by atoms with Gasteiger partial charge in [0.1, 0.15) is 24.2 Å². The summed E-state index contributed by atoms with van der Waals surface area (Å²) in [6, 6.07) is 7.50. The monoisotopic (exact) mass is 728 g/mol. The molecule has 13 heteroatoms. The lowest BCUT2D eigenvalue weighted by Crippen LogP contribution is -2.61. The highest BCUT2D eigenvalue weighted by Crippen LogP contribution is 2.49. The summed E-state index contributed by atoms with van der Waals surface area (Å²) >= 11 is 6.91. The second-order valence-electron chi connectivity index (χ2n) is 14.6. The van der Waals surface area contributed by atoms with Crippen LogP contribution in [0.15, 0.2) is 42.2 Å². The number of hydrogen-bond donors (Lipinski definition) is 1. The summed E-state index contributed by atoms with van der Waals surface area (Å²) in [5.41, 5.74) is 2.99. The summed E-state index contributed by atoms with van der Waals surface area (Å²) in [5, 5.41) is -0.437. The van der Waals surface area contributed by atoms with Crippen LogP contribution in [0.2, 0.25) is 5.02 Å². The third kappa shape index (κ3) is 6.30. The molecule has 0 aliphatic carbocycles. The van der Waals surface area contributed by atoms with E-state index in [4.69, 9.17) is 21.1 Å². The molecular formula is C37H46ClFN4O6S. The number of carbonyl (C=O) groups is 2. The van der Waals surface area contributed by atoms with Gasteiger partial charge in [-0.15, -0.1) is 0 Å². The average Bonchev–Trinajstić information content (AvgIpc) is 3.50. The first-order valence-electron chi connectivity index (χ1n) is 17.8. The van der Waals surface area contributed by atoms with E-state index in [2.05, 4.69) is 14.5 Å². The summed E-state index contributed by atoms with van der Waals surface area (Å²) < 4.78 is 58.6. The third-order valence-corrected chi connectivity index (χ3v) is 13.7. The third-order valence-electron chi connectivity index (χ3n) is 11.5. The largest absolute Gasteiger partial charge is 0.487 e. The summed E-state index contributed by atoms with van der Waals surface area (Å²) in [6.45, 7) is 7.87. The van der Waals surface area contributed by atoms with Crippen molar-refractivity contribution in [1.82, 2.24) is 14.5 Å². The zero-order valence-corrected chi connectivity index (χ0v) is 30.5. The van der Waals surface area contributed by atoms with Crippen LogP contribution in [0.3, 0.4) is 0 Å². The van der Waals surface area contributed by atoms with Crippen LogP contribution in [0, 0.1) is 5.92 Å². The van der Waals surface area contributed by atoms with Gasteiger partial charge in [0.15, 0.2) is 0 Å². The van der Waals surface area contributed by atoms with Gasteiger partial charge >= 0.3 is 0 Å². The number of fused-ring (bicyclic) bond motifs is 1. The Morgan fingerprint density at radius 1 is 1.08 bits per heavy atom. The Kier molecular flexibility index (Phi) is 9.68. The van der Waals surface area contributed by atoms with Crippen molar-refractivity contribution in [3.05, 3.63) is 69.5 Å². The maximum atomic E-state index is 17.2. The van der Waals surface area contributed by atoms with E-state index in [9.17, 15) is 18.0 Å². The maximum Gasteiger partial charge on any atom is 0.264 e. The van der Waals surface area contributed by atoms with Crippen LogP contribution < -0.4 is 14.4 Å². The number of carbonyl (C=O) groups excluding carboxylic acids is 2. The SMILES string of the molecule is C[C@@H]1[C@@H](C)C/C=C(\F)[C@H](C(=O)N2CCOC[C@@H]2C)N2CCC[C@@]23CN2CCCCc4cc(Cl)cc3c4COc3ccc(cc32)C(=O)NS1(=O)=O. The maximum absolute atomic E-state index is 17.2. The number of allylic oxidation sites excluding steroid dienone is 1. The topological polar surface area (TPSA) is 108 Å². The van der Waals surface area contributed by atoms with Crippen LogP contribution >= 0.6 is 11.6 Å². The minimum Gasteiger partial charge on any atom is -0.487 e. The van der Waals surface area contributed by atoms with Gasteiger partial charge in [0.25, 0.3) is 5.91 Å². The molecular weight excluding hydrogens is 683 g/mol. The Hall–Kier alpha value is -3.19. The van der Waals surface area contributed by atoms with Gasteiger partial charge in [0.2, 0.25) is 15.9 Å². The van der Waals surface area contributed by atoms with Crippen molar-refractivity contribution in [1.29, 1.82) is 0 Å². The number of morpholine rings is 1. The number of ether oxygens (including phenoxy) is 2. The predicted molar refractivity (Wildman–Crippen MR) is 190 cm³/mol. The number of rotatable bonds is 1. The normalized spacial score (nSPS) is 31.2. The van der Waals surface area contributed by atoms with Crippen molar-refractivity contribution < 1.29 is 31.9 Å². The molecule has 0 unspecified atom stereocenters. The molecule has 5 aliphatic rings. The Morgan fingerprint density at radius 3 is 2.70 bits per heavy atom.